The van der Waals surface area contributed by atoms with Crippen molar-refractivity contribution in [1.29, 1.82) is 0 Å². The minimum absolute atomic E-state index is 0.0793. The monoisotopic (exact) mass is 505 g/mol. The van der Waals surface area contributed by atoms with Crippen LogP contribution in [0.15, 0.2) is 65.6 Å². The Hall–Kier alpha value is -3.34. The first-order valence-electron chi connectivity index (χ1n) is 12.3. The molecule has 1 aliphatic rings. The lowest BCUT2D eigenvalue weighted by atomic mass is 9.81. The van der Waals surface area contributed by atoms with Crippen LogP contribution in [0.2, 0.25) is 0 Å². The molecule has 0 spiro atoms. The van der Waals surface area contributed by atoms with Crippen molar-refractivity contribution in [2.24, 2.45) is 5.14 Å². The maximum absolute atomic E-state index is 12.0. The quantitative estimate of drug-likeness (QED) is 0.286. The van der Waals surface area contributed by atoms with Crippen molar-refractivity contribution < 1.29 is 8.42 Å². The molecule has 1 aliphatic carbocycles. The topological polar surface area (TPSA) is 153 Å². The van der Waals surface area contributed by atoms with Crippen LogP contribution in [0, 0.1) is 0 Å². The van der Waals surface area contributed by atoms with Crippen molar-refractivity contribution in [3.05, 3.63) is 77.4 Å². The fourth-order valence-corrected chi connectivity index (χ4v) is 5.92. The highest BCUT2D eigenvalue weighted by Crippen LogP contribution is 2.35. The van der Waals surface area contributed by atoms with Gasteiger partial charge in [-0.25, -0.2) is 23.6 Å². The number of nitrogens with one attached hydrogen (secondary N) is 2. The van der Waals surface area contributed by atoms with Gasteiger partial charge in [-0.15, -0.1) is 5.10 Å². The SMILES string of the molecule is Nc1cc(C(CCNC2CCC(c3ccccc3)CC2)c2cccc(S(N)(=O)=O)c2)c2nn[nH]c2n1. The van der Waals surface area contributed by atoms with Crippen LogP contribution in [0.5, 0.6) is 0 Å². The number of rotatable bonds is 8. The average Bonchev–Trinajstić information content (AvgIpc) is 3.35. The molecule has 0 aliphatic heterocycles. The highest BCUT2D eigenvalue weighted by atomic mass is 32.2. The van der Waals surface area contributed by atoms with Crippen LogP contribution in [0.1, 0.15) is 60.6 Å². The minimum Gasteiger partial charge on any atom is -0.384 e. The van der Waals surface area contributed by atoms with Crippen molar-refractivity contribution in [2.75, 3.05) is 12.3 Å². The third kappa shape index (κ3) is 5.40. The first kappa shape index (κ1) is 24.4. The van der Waals surface area contributed by atoms with Crippen LogP contribution in [0.3, 0.4) is 0 Å². The largest absolute Gasteiger partial charge is 0.384 e. The molecule has 2 heterocycles. The summed E-state index contributed by atoms with van der Waals surface area (Å²) in [6.07, 6.45) is 5.31. The lowest BCUT2D eigenvalue weighted by molar-refractivity contribution is 0.340. The number of primary sulfonamides is 1. The number of nitrogen functional groups attached to an aromatic ring is 1. The Morgan fingerprint density at radius 3 is 2.56 bits per heavy atom. The Morgan fingerprint density at radius 2 is 1.81 bits per heavy atom. The number of hydrogen-bond donors (Lipinski definition) is 4. The molecule has 9 nitrogen and oxygen atoms in total. The molecule has 0 bridgehead atoms. The fraction of sp³-hybridized carbons (Fsp3) is 0.346. The molecule has 4 aromatic rings. The van der Waals surface area contributed by atoms with Gasteiger partial charge in [0.05, 0.1) is 4.90 Å². The smallest absolute Gasteiger partial charge is 0.238 e. The molecule has 1 saturated carbocycles. The van der Waals surface area contributed by atoms with Crippen LogP contribution in [-0.4, -0.2) is 41.4 Å². The van der Waals surface area contributed by atoms with Gasteiger partial charge >= 0.3 is 0 Å². The van der Waals surface area contributed by atoms with E-state index in [2.05, 4.69) is 56.0 Å². The molecule has 10 heteroatoms. The minimum atomic E-state index is -3.83. The number of anilines is 1. The van der Waals surface area contributed by atoms with E-state index >= 15 is 0 Å². The van der Waals surface area contributed by atoms with E-state index in [4.69, 9.17) is 10.9 Å². The molecule has 1 fully saturated rings. The van der Waals surface area contributed by atoms with Gasteiger partial charge in [-0.05, 0) is 79.5 Å². The fourth-order valence-electron chi connectivity index (χ4n) is 5.35. The van der Waals surface area contributed by atoms with E-state index in [0.717, 1.165) is 36.9 Å². The number of hydrogen-bond acceptors (Lipinski definition) is 7. The Bertz CT molecular complexity index is 1430. The molecule has 0 saturated heterocycles. The van der Waals surface area contributed by atoms with Crippen molar-refractivity contribution >= 4 is 27.0 Å². The lowest BCUT2D eigenvalue weighted by Gasteiger charge is -2.30. The summed E-state index contributed by atoms with van der Waals surface area (Å²) in [4.78, 5) is 4.36. The molecular formula is C26H31N7O2S. The zero-order valence-electron chi connectivity index (χ0n) is 20.0. The van der Waals surface area contributed by atoms with Gasteiger partial charge in [0, 0.05) is 12.0 Å². The molecule has 36 heavy (non-hydrogen) atoms. The lowest BCUT2D eigenvalue weighted by Crippen LogP contribution is -2.34. The Morgan fingerprint density at radius 1 is 1.03 bits per heavy atom. The zero-order chi connectivity index (χ0) is 25.1. The molecule has 5 rings (SSSR count). The van der Waals surface area contributed by atoms with E-state index in [1.165, 1.54) is 24.5 Å². The standard InChI is InChI=1S/C26H31N7O2S/c27-24-16-23(25-26(30-24)32-33-31-25)22(19-7-4-8-21(15-19)36(28,34)35)13-14-29-20-11-9-18(10-12-20)17-5-2-1-3-6-17/h1-8,15-16,18,20,22,29H,9-14H2,(H2,28,34,35)(H3,27,30,31,32,33). The first-order valence-corrected chi connectivity index (χ1v) is 13.8. The van der Waals surface area contributed by atoms with Gasteiger partial charge < -0.3 is 11.1 Å². The summed E-state index contributed by atoms with van der Waals surface area (Å²) in [5.74, 6) is 0.805. The van der Waals surface area contributed by atoms with E-state index < -0.39 is 10.0 Å². The predicted octanol–water partition coefficient (Wildman–Crippen LogP) is 3.42. The van der Waals surface area contributed by atoms with E-state index in [0.29, 0.717) is 28.9 Å². The van der Waals surface area contributed by atoms with Gasteiger partial charge in [-0.3, -0.25) is 0 Å². The second-order valence-corrected chi connectivity index (χ2v) is 11.1. The molecule has 6 N–H and O–H groups in total. The van der Waals surface area contributed by atoms with Gasteiger partial charge in [0.2, 0.25) is 10.0 Å². The summed E-state index contributed by atoms with van der Waals surface area (Å²) >= 11 is 0. The number of nitrogens with zero attached hydrogens (tertiary/aromatic N) is 3. The van der Waals surface area contributed by atoms with Crippen LogP contribution in [0.25, 0.3) is 11.2 Å². The normalized spacial score (nSPS) is 19.4. The number of pyridine rings is 1. The van der Waals surface area contributed by atoms with E-state index in [-0.39, 0.29) is 10.8 Å². The average molecular weight is 506 g/mol. The van der Waals surface area contributed by atoms with Crippen molar-refractivity contribution in [3.63, 3.8) is 0 Å². The third-order valence-electron chi connectivity index (χ3n) is 7.18. The summed E-state index contributed by atoms with van der Waals surface area (Å²) in [5, 5.41) is 20.1. The maximum Gasteiger partial charge on any atom is 0.238 e. The number of nitrogens with two attached hydrogens (primary N) is 2. The second-order valence-electron chi connectivity index (χ2n) is 9.52. The highest BCUT2D eigenvalue weighted by Gasteiger charge is 2.24. The van der Waals surface area contributed by atoms with Crippen LogP contribution in [-0.2, 0) is 10.0 Å². The number of benzene rings is 2. The zero-order valence-corrected chi connectivity index (χ0v) is 20.8. The first-order chi connectivity index (χ1) is 17.4. The van der Waals surface area contributed by atoms with Crippen molar-refractivity contribution in [3.8, 4) is 0 Å². The summed E-state index contributed by atoms with van der Waals surface area (Å²) in [7, 11) is -3.83. The van der Waals surface area contributed by atoms with Crippen LogP contribution < -0.4 is 16.2 Å². The maximum atomic E-state index is 12.0. The summed E-state index contributed by atoms with van der Waals surface area (Å²) in [5.41, 5.74) is 10.3. The molecule has 1 atom stereocenters. The summed E-state index contributed by atoms with van der Waals surface area (Å²) in [6, 6.07) is 19.8. The van der Waals surface area contributed by atoms with Gasteiger partial charge in [-0.2, -0.15) is 0 Å². The number of aromatic amines is 1. The van der Waals surface area contributed by atoms with E-state index in [1.807, 2.05) is 6.07 Å². The van der Waals surface area contributed by atoms with Gasteiger partial charge in [0.25, 0.3) is 0 Å². The molecule has 0 amide bonds. The van der Waals surface area contributed by atoms with Crippen LogP contribution in [0.4, 0.5) is 5.82 Å². The molecule has 2 aromatic heterocycles. The number of H-pyrrole nitrogens is 1. The summed E-state index contributed by atoms with van der Waals surface area (Å²) < 4.78 is 24.1. The van der Waals surface area contributed by atoms with Gasteiger partial charge in [0.1, 0.15) is 11.3 Å². The Kier molecular flexibility index (Phi) is 6.99. The van der Waals surface area contributed by atoms with E-state index in [1.54, 1.807) is 18.2 Å². The third-order valence-corrected chi connectivity index (χ3v) is 8.09. The van der Waals surface area contributed by atoms with Crippen LogP contribution >= 0.6 is 0 Å². The molecule has 1 unspecified atom stereocenters. The Labute approximate surface area is 210 Å². The van der Waals surface area contributed by atoms with Crippen molar-refractivity contribution in [1.82, 2.24) is 25.7 Å². The molecule has 188 valence electrons. The molecule has 2 aromatic carbocycles. The number of fused-ring (bicyclic) bond motifs is 1. The number of sulfonamides is 1. The predicted molar refractivity (Wildman–Crippen MR) is 140 cm³/mol. The molecule has 0 radical (unpaired) electrons. The second kappa shape index (κ2) is 10.3. The van der Waals surface area contributed by atoms with Gasteiger partial charge in [-0.1, -0.05) is 47.7 Å². The summed E-state index contributed by atoms with van der Waals surface area (Å²) in [6.45, 7) is 0.756. The highest BCUT2D eigenvalue weighted by molar-refractivity contribution is 7.89. The Balaban J connectivity index is 1.34. The van der Waals surface area contributed by atoms with Gasteiger partial charge in [0.15, 0.2) is 5.65 Å². The molecular weight excluding hydrogens is 474 g/mol. The number of aromatic nitrogens is 4. The van der Waals surface area contributed by atoms with E-state index in [9.17, 15) is 8.42 Å². The van der Waals surface area contributed by atoms with Crippen molar-refractivity contribution in [2.45, 2.75) is 54.9 Å².